The first-order chi connectivity index (χ1) is 6.58. The first-order valence-electron chi connectivity index (χ1n) is 4.01. The van der Waals surface area contributed by atoms with Crippen molar-refractivity contribution in [3.8, 4) is 0 Å². The van der Waals surface area contributed by atoms with Crippen molar-refractivity contribution in [3.05, 3.63) is 0 Å². The number of nitrogens with zero attached hydrogens (tertiary/aromatic N) is 1. The molecule has 7 nitrogen and oxygen atoms in total. The maximum Gasteiger partial charge on any atom is 1.00 e. The van der Waals surface area contributed by atoms with Crippen LogP contribution in [0.2, 0.25) is 0 Å². The molecule has 3 N–H and O–H groups in total. The van der Waals surface area contributed by atoms with Gasteiger partial charge in [-0.1, -0.05) is 0 Å². The van der Waals surface area contributed by atoms with Crippen molar-refractivity contribution < 1.29 is 88.5 Å². The minimum Gasteiger partial charge on any atom is -0.672 e. The number of aliphatic hydroxyl groups is 3. The zero-order valence-corrected chi connectivity index (χ0v) is 14.8. The van der Waals surface area contributed by atoms with Crippen molar-refractivity contribution in [3.63, 3.8) is 0 Å². The first kappa shape index (κ1) is 26.1. The van der Waals surface area contributed by atoms with Gasteiger partial charge in [0.05, 0.1) is 19.8 Å². The minimum atomic E-state index is -3.63. The fourth-order valence-corrected chi connectivity index (χ4v) is 0.760. The number of hydrogen-bond donors (Lipinski definition) is 3. The van der Waals surface area contributed by atoms with E-state index in [0.717, 1.165) is 0 Å². The number of aliphatic hydroxyl groups excluding tert-OH is 3. The molecular weight excluding hydrogens is 256 g/mol. The van der Waals surface area contributed by atoms with E-state index in [2.05, 4.69) is 0 Å². The van der Waals surface area contributed by atoms with Crippen molar-refractivity contribution in [2.75, 3.05) is 39.5 Å². The second-order valence-corrected chi connectivity index (χ2v) is 2.76. The molecule has 0 amide bonds. The van der Waals surface area contributed by atoms with Crippen LogP contribution in [0.4, 0.5) is 0 Å². The van der Waals surface area contributed by atoms with Gasteiger partial charge in [-0.3, -0.25) is 4.90 Å². The third-order valence-corrected chi connectivity index (χ3v) is 1.25. The summed E-state index contributed by atoms with van der Waals surface area (Å²) in [5.41, 5.74) is 0. The van der Waals surface area contributed by atoms with Gasteiger partial charge in [-0.25, -0.2) is 0 Å². The molecule has 0 heterocycles. The SMILES string of the molecule is O=[Si]([O-])[O-].OCCN(CCO)CCO.[Na+].[Na+]. The van der Waals surface area contributed by atoms with Crippen LogP contribution in [0.15, 0.2) is 0 Å². The Bertz CT molecular complexity index is 126. The fraction of sp³-hybridized carbons (Fsp3) is 1.00. The second kappa shape index (κ2) is 21.7. The Hall–Kier alpha value is 1.46. The first-order valence-corrected chi connectivity index (χ1v) is 5.23. The molecule has 0 rings (SSSR count). The van der Waals surface area contributed by atoms with Gasteiger partial charge >= 0.3 is 59.1 Å². The molecule has 16 heavy (non-hydrogen) atoms. The average Bonchev–Trinajstić information content (AvgIpc) is 2.04. The zero-order valence-electron chi connectivity index (χ0n) is 9.76. The van der Waals surface area contributed by atoms with E-state index >= 15 is 0 Å². The van der Waals surface area contributed by atoms with E-state index in [0.29, 0.717) is 19.6 Å². The molecule has 0 aliphatic carbocycles. The molecule has 0 saturated heterocycles. The summed E-state index contributed by atoms with van der Waals surface area (Å²) in [6.07, 6.45) is 0. The summed E-state index contributed by atoms with van der Waals surface area (Å²) < 4.78 is 8.52. The summed E-state index contributed by atoms with van der Waals surface area (Å²) in [6.45, 7) is 1.75. The Morgan fingerprint density at radius 3 is 1.19 bits per heavy atom. The smallest absolute Gasteiger partial charge is 0.672 e. The molecular formula is C6H15NNa2O6Si. The summed E-state index contributed by atoms with van der Waals surface area (Å²) in [5.74, 6) is 0. The van der Waals surface area contributed by atoms with Crippen LogP contribution >= 0.6 is 0 Å². The van der Waals surface area contributed by atoms with E-state index < -0.39 is 9.17 Å². The van der Waals surface area contributed by atoms with Crippen LogP contribution in [-0.4, -0.2) is 68.8 Å². The van der Waals surface area contributed by atoms with E-state index in [4.69, 9.17) is 29.4 Å². The molecule has 0 atom stereocenters. The summed E-state index contributed by atoms with van der Waals surface area (Å²) >= 11 is 0. The molecule has 0 aromatic rings. The molecule has 0 aromatic heterocycles. The Kier molecular flexibility index (Phi) is 35.4. The van der Waals surface area contributed by atoms with Crippen molar-refractivity contribution >= 4 is 9.17 Å². The average molecular weight is 271 g/mol. The van der Waals surface area contributed by atoms with Crippen molar-refractivity contribution in [2.45, 2.75) is 0 Å². The molecule has 10 heteroatoms. The number of hydrogen-bond acceptors (Lipinski definition) is 7. The molecule has 0 aromatic carbocycles. The Morgan fingerprint density at radius 2 is 1.06 bits per heavy atom. The van der Waals surface area contributed by atoms with Crippen LogP contribution in [0.1, 0.15) is 0 Å². The fourth-order valence-electron chi connectivity index (χ4n) is 0.760. The largest absolute Gasteiger partial charge is 1.00 e. The third-order valence-electron chi connectivity index (χ3n) is 1.25. The van der Waals surface area contributed by atoms with E-state index in [-0.39, 0.29) is 78.9 Å². The van der Waals surface area contributed by atoms with E-state index in [1.54, 1.807) is 4.90 Å². The van der Waals surface area contributed by atoms with Crippen LogP contribution in [0.5, 0.6) is 0 Å². The number of rotatable bonds is 6. The molecule has 0 aliphatic rings. The normalized spacial score (nSPS) is 8.25. The molecule has 0 fully saturated rings. The Balaban J connectivity index is -0.000000105. The van der Waals surface area contributed by atoms with Crippen LogP contribution < -0.4 is 68.7 Å². The molecule has 0 spiro atoms. The Morgan fingerprint density at radius 1 is 0.875 bits per heavy atom. The standard InChI is InChI=1S/C6H15NO3.2Na.O3Si/c8-4-1-7(2-5-9)3-6-10;;;1-4(2)3/h8-10H,1-6H2;;;/q;2*+1;-2. The van der Waals surface area contributed by atoms with Gasteiger partial charge in [-0.15, -0.1) is 0 Å². The van der Waals surface area contributed by atoms with Crippen LogP contribution in [0.25, 0.3) is 0 Å². The van der Waals surface area contributed by atoms with E-state index in [1.807, 2.05) is 0 Å². The van der Waals surface area contributed by atoms with Gasteiger partial charge in [-0.05, 0) is 0 Å². The summed E-state index contributed by atoms with van der Waals surface area (Å²) in [7, 11) is -3.63. The molecule has 0 radical (unpaired) electrons. The predicted molar refractivity (Wildman–Crippen MR) is 44.1 cm³/mol. The molecule has 86 valence electrons. The topological polar surface area (TPSA) is 127 Å². The third kappa shape index (κ3) is 29.5. The predicted octanol–water partition coefficient (Wildman–Crippen LogP) is -10.6. The van der Waals surface area contributed by atoms with E-state index in [1.165, 1.54) is 0 Å². The van der Waals surface area contributed by atoms with Gasteiger partial charge in [0.25, 0.3) is 0 Å². The van der Waals surface area contributed by atoms with Gasteiger partial charge in [0, 0.05) is 28.8 Å². The maximum atomic E-state index is 8.52. The summed E-state index contributed by atoms with van der Waals surface area (Å²) in [6, 6.07) is 0. The molecule has 0 aliphatic heterocycles. The quantitative estimate of drug-likeness (QED) is 0.409. The molecule has 0 unspecified atom stereocenters. The van der Waals surface area contributed by atoms with Crippen molar-refractivity contribution in [1.82, 2.24) is 4.90 Å². The summed E-state index contributed by atoms with van der Waals surface area (Å²) in [4.78, 5) is 18.8. The van der Waals surface area contributed by atoms with Gasteiger partial charge < -0.3 is 29.4 Å². The second-order valence-electron chi connectivity index (χ2n) is 2.26. The zero-order chi connectivity index (χ0) is 11.4. The summed E-state index contributed by atoms with van der Waals surface area (Å²) in [5, 5.41) is 25.5. The minimum absolute atomic E-state index is 0. The van der Waals surface area contributed by atoms with Crippen LogP contribution in [-0.2, 0) is 4.46 Å². The maximum absolute atomic E-state index is 8.52. The van der Waals surface area contributed by atoms with Crippen LogP contribution in [0, 0.1) is 0 Å². The monoisotopic (exact) mass is 271 g/mol. The van der Waals surface area contributed by atoms with E-state index in [9.17, 15) is 0 Å². The van der Waals surface area contributed by atoms with Gasteiger partial charge in [0.15, 0.2) is 0 Å². The van der Waals surface area contributed by atoms with Crippen molar-refractivity contribution in [1.29, 1.82) is 0 Å². The van der Waals surface area contributed by atoms with Gasteiger partial charge in [0.1, 0.15) is 0 Å². The Labute approximate surface area is 141 Å². The van der Waals surface area contributed by atoms with Gasteiger partial charge in [-0.2, -0.15) is 0 Å². The van der Waals surface area contributed by atoms with Gasteiger partial charge in [0.2, 0.25) is 0 Å². The van der Waals surface area contributed by atoms with Crippen molar-refractivity contribution in [2.24, 2.45) is 0 Å². The molecule has 0 saturated carbocycles. The molecule has 0 bridgehead atoms. The van der Waals surface area contributed by atoms with Crippen LogP contribution in [0.3, 0.4) is 0 Å².